The lowest BCUT2D eigenvalue weighted by Crippen LogP contribution is -2.34. The Hall–Kier alpha value is -6.90. The molecule has 0 spiro atoms. The molecule has 1 atom stereocenters. The van der Waals surface area contributed by atoms with Crippen molar-refractivity contribution in [1.82, 2.24) is 4.57 Å². The second-order valence-electron chi connectivity index (χ2n) is 17.2. The maximum absolute atomic E-state index is 2.55. The molecule has 0 amide bonds. The normalized spacial score (nSPS) is 18.5. The van der Waals surface area contributed by atoms with E-state index in [9.17, 15) is 0 Å². The van der Waals surface area contributed by atoms with Crippen molar-refractivity contribution in [1.29, 1.82) is 0 Å². The maximum Gasteiger partial charge on any atom is 0.0713 e. The monoisotopic (exact) mass is 756 g/mol. The number of hydrogen-bond acceptors (Lipinski definition) is 1. The van der Waals surface area contributed by atoms with Crippen LogP contribution in [0.2, 0.25) is 0 Å². The van der Waals surface area contributed by atoms with E-state index in [4.69, 9.17) is 0 Å². The van der Waals surface area contributed by atoms with Crippen LogP contribution in [0.4, 0.5) is 17.1 Å². The summed E-state index contributed by atoms with van der Waals surface area (Å²) in [6.45, 7) is 2.42. The number of benzene rings is 8. The van der Waals surface area contributed by atoms with E-state index >= 15 is 0 Å². The summed E-state index contributed by atoms with van der Waals surface area (Å²) in [5.41, 5.74) is 17.6. The number of nitrogens with zero attached hydrogens (tertiary/aromatic N) is 2. The standard InChI is InChI=1S/C57H44N2/c1-56(37-39-34-40(35-39)38-56)41-24-27-45(28-25-41)58(44-16-6-3-7-17-44)46-29-31-47(32-30-46)59-54-23-13-10-20-50(54)51-36-43(26-33-55(51)59)57(42-14-4-2-5-15-42)52-21-11-8-18-48(52)49-19-9-12-22-53(49)57/h2-33,36-37,40H,34-35,38H2,1H3. The van der Waals surface area contributed by atoms with Crippen molar-refractivity contribution in [2.75, 3.05) is 4.90 Å². The molecule has 1 fully saturated rings. The van der Waals surface area contributed by atoms with Crippen molar-refractivity contribution >= 4 is 38.9 Å². The van der Waals surface area contributed by atoms with Crippen LogP contribution in [-0.4, -0.2) is 4.57 Å². The summed E-state index contributed by atoms with van der Waals surface area (Å²) < 4.78 is 2.44. The van der Waals surface area contributed by atoms with Crippen LogP contribution in [0.5, 0.6) is 0 Å². The van der Waals surface area contributed by atoms with E-state index in [1.807, 2.05) is 0 Å². The van der Waals surface area contributed by atoms with Crippen molar-refractivity contribution in [3.8, 4) is 16.8 Å². The molecule has 2 bridgehead atoms. The van der Waals surface area contributed by atoms with Crippen molar-refractivity contribution < 1.29 is 0 Å². The van der Waals surface area contributed by atoms with E-state index in [-0.39, 0.29) is 5.41 Å². The lowest BCUT2D eigenvalue weighted by Gasteiger charge is -2.44. The first-order valence-corrected chi connectivity index (χ1v) is 21.1. The Balaban J connectivity index is 0.981. The minimum absolute atomic E-state index is 0.130. The van der Waals surface area contributed by atoms with Gasteiger partial charge in [-0.2, -0.15) is 0 Å². The Kier molecular flexibility index (Phi) is 7.56. The zero-order valence-corrected chi connectivity index (χ0v) is 33.2. The van der Waals surface area contributed by atoms with Gasteiger partial charge < -0.3 is 9.47 Å². The van der Waals surface area contributed by atoms with Gasteiger partial charge in [0.05, 0.1) is 16.4 Å². The third-order valence-electron chi connectivity index (χ3n) is 13.8. The molecule has 4 aliphatic carbocycles. The van der Waals surface area contributed by atoms with E-state index in [0.717, 1.165) is 28.7 Å². The lowest BCUT2D eigenvalue weighted by molar-refractivity contribution is 0.286. The van der Waals surface area contributed by atoms with E-state index < -0.39 is 5.41 Å². The second kappa shape index (κ2) is 13.1. The van der Waals surface area contributed by atoms with Gasteiger partial charge in [-0.1, -0.05) is 152 Å². The highest BCUT2D eigenvalue weighted by molar-refractivity contribution is 6.10. The molecule has 1 saturated carbocycles. The molecule has 0 N–H and O–H groups in total. The van der Waals surface area contributed by atoms with E-state index in [0.29, 0.717) is 0 Å². The molecule has 1 unspecified atom stereocenters. The number of rotatable bonds is 7. The highest BCUT2D eigenvalue weighted by atomic mass is 15.1. The second-order valence-corrected chi connectivity index (χ2v) is 17.2. The predicted octanol–water partition coefficient (Wildman–Crippen LogP) is 14.6. The van der Waals surface area contributed by atoms with Crippen LogP contribution in [-0.2, 0) is 10.8 Å². The van der Waals surface area contributed by atoms with Crippen molar-refractivity contribution in [2.24, 2.45) is 5.92 Å². The fourth-order valence-corrected chi connectivity index (χ4v) is 11.2. The Morgan fingerprint density at radius 2 is 1.02 bits per heavy atom. The molecule has 9 aromatic rings. The number of anilines is 3. The van der Waals surface area contributed by atoms with Gasteiger partial charge >= 0.3 is 0 Å². The number of para-hydroxylation sites is 2. The first kappa shape index (κ1) is 34.2. The molecule has 282 valence electrons. The van der Waals surface area contributed by atoms with Gasteiger partial charge in [0.25, 0.3) is 0 Å². The first-order valence-electron chi connectivity index (χ1n) is 21.1. The lowest BCUT2D eigenvalue weighted by atomic mass is 9.60. The van der Waals surface area contributed by atoms with E-state index in [2.05, 4.69) is 223 Å². The van der Waals surface area contributed by atoms with Crippen LogP contribution in [0, 0.1) is 5.92 Å². The molecule has 2 nitrogen and oxygen atoms in total. The summed E-state index contributed by atoms with van der Waals surface area (Å²) in [5.74, 6) is 0.851. The maximum atomic E-state index is 2.55. The molecule has 0 radical (unpaired) electrons. The van der Waals surface area contributed by atoms with Crippen LogP contribution in [0.3, 0.4) is 0 Å². The first-order chi connectivity index (χ1) is 29.1. The average Bonchev–Trinajstić information content (AvgIpc) is 3.78. The quantitative estimate of drug-likeness (QED) is 0.147. The third-order valence-corrected chi connectivity index (χ3v) is 13.8. The van der Waals surface area contributed by atoms with Crippen molar-refractivity contribution in [3.63, 3.8) is 0 Å². The summed E-state index contributed by atoms with van der Waals surface area (Å²) in [6.07, 6.45) is 6.42. The summed E-state index contributed by atoms with van der Waals surface area (Å²) >= 11 is 0. The van der Waals surface area contributed by atoms with Gasteiger partial charge in [-0.05, 0) is 131 Å². The van der Waals surface area contributed by atoms with Crippen molar-refractivity contribution in [2.45, 2.75) is 37.0 Å². The van der Waals surface area contributed by atoms with Crippen LogP contribution < -0.4 is 4.90 Å². The van der Waals surface area contributed by atoms with Crippen LogP contribution >= 0.6 is 0 Å². The minimum Gasteiger partial charge on any atom is -0.311 e. The molecule has 1 aromatic heterocycles. The van der Waals surface area contributed by atoms with Crippen LogP contribution in [0.25, 0.3) is 38.6 Å². The molecule has 1 heterocycles. The highest BCUT2D eigenvalue weighted by Gasteiger charge is 2.46. The van der Waals surface area contributed by atoms with Gasteiger partial charge in [0.2, 0.25) is 0 Å². The van der Waals surface area contributed by atoms with Crippen LogP contribution in [0.1, 0.15) is 54.0 Å². The van der Waals surface area contributed by atoms with E-state index in [1.165, 1.54) is 80.0 Å². The number of allylic oxidation sites excluding steroid dienone is 2. The summed E-state index contributed by atoms with van der Waals surface area (Å²) in [5, 5.41) is 2.51. The third kappa shape index (κ3) is 5.12. The number of hydrogen-bond donors (Lipinski definition) is 0. The van der Waals surface area contributed by atoms with Gasteiger partial charge in [0.1, 0.15) is 0 Å². The molecule has 0 saturated heterocycles. The topological polar surface area (TPSA) is 8.17 Å². The molecular weight excluding hydrogens is 713 g/mol. The Labute approximate surface area is 346 Å². The zero-order chi connectivity index (χ0) is 39.1. The van der Waals surface area contributed by atoms with Gasteiger partial charge in [-0.25, -0.2) is 0 Å². The highest BCUT2D eigenvalue weighted by Crippen LogP contribution is 2.57. The number of fused-ring (bicyclic) bond motifs is 8. The average molecular weight is 757 g/mol. The largest absolute Gasteiger partial charge is 0.311 e. The van der Waals surface area contributed by atoms with E-state index in [1.54, 1.807) is 5.57 Å². The molecule has 2 heteroatoms. The van der Waals surface area contributed by atoms with Gasteiger partial charge in [0.15, 0.2) is 0 Å². The zero-order valence-electron chi connectivity index (χ0n) is 33.2. The minimum atomic E-state index is -0.446. The van der Waals surface area contributed by atoms with Crippen molar-refractivity contribution in [3.05, 3.63) is 240 Å². The molecule has 13 rings (SSSR count). The smallest absolute Gasteiger partial charge is 0.0713 e. The van der Waals surface area contributed by atoms with Gasteiger partial charge in [-0.3, -0.25) is 0 Å². The number of aromatic nitrogens is 1. The Morgan fingerprint density at radius 1 is 0.475 bits per heavy atom. The SMILES string of the molecule is CC1(c2ccc(N(c3ccccc3)c3ccc(-n4c5ccccc5c5cc(C6(c7ccccc7)c7ccccc7-c7ccccc76)ccc54)cc3)cc2)C=C2CC(C2)C1. The fraction of sp³-hybridized carbons (Fsp3) is 0.123. The molecule has 0 aliphatic heterocycles. The molecule has 59 heavy (non-hydrogen) atoms. The Morgan fingerprint density at radius 3 is 1.68 bits per heavy atom. The predicted molar refractivity (Wildman–Crippen MR) is 246 cm³/mol. The van der Waals surface area contributed by atoms with Gasteiger partial charge in [0, 0.05) is 38.9 Å². The van der Waals surface area contributed by atoms with Crippen LogP contribution in [0.15, 0.2) is 212 Å². The molecular formula is C57H44N2. The molecule has 4 aliphatic rings. The summed E-state index contributed by atoms with van der Waals surface area (Å²) in [6, 6.07) is 74.4. The summed E-state index contributed by atoms with van der Waals surface area (Å²) in [7, 11) is 0. The fourth-order valence-electron chi connectivity index (χ4n) is 11.2. The summed E-state index contributed by atoms with van der Waals surface area (Å²) in [4.78, 5) is 2.38. The Bertz CT molecular complexity index is 3030. The molecule has 8 aromatic carbocycles. The van der Waals surface area contributed by atoms with Gasteiger partial charge in [-0.15, -0.1) is 0 Å².